The average molecular weight is 326 g/mol. The average Bonchev–Trinajstić information content (AvgIpc) is 3.04. The molecular weight excluding hydrogens is 312 g/mol. The third kappa shape index (κ3) is 3.32. The summed E-state index contributed by atoms with van der Waals surface area (Å²) in [7, 11) is 1.43. The molecule has 1 amide bonds. The predicted octanol–water partition coefficient (Wildman–Crippen LogP) is 3.78. The molecule has 0 saturated carbocycles. The van der Waals surface area contributed by atoms with Crippen LogP contribution >= 0.6 is 11.3 Å². The molecule has 0 radical (unpaired) electrons. The molecule has 3 aromatic rings. The number of methoxy groups -OCH3 is 1. The number of ether oxygens (including phenoxy) is 1. The molecule has 0 spiro atoms. The monoisotopic (exact) mass is 326 g/mol. The van der Waals surface area contributed by atoms with Crippen LogP contribution in [0.2, 0.25) is 0 Å². The summed E-state index contributed by atoms with van der Waals surface area (Å²) in [5, 5.41) is 14.7. The quantitative estimate of drug-likeness (QED) is 0.765. The first kappa shape index (κ1) is 15.1. The Morgan fingerprint density at radius 3 is 2.74 bits per heavy atom. The van der Waals surface area contributed by atoms with Crippen molar-refractivity contribution >= 4 is 22.4 Å². The summed E-state index contributed by atoms with van der Waals surface area (Å²) in [6, 6.07) is 14.2. The lowest BCUT2D eigenvalue weighted by molar-refractivity contribution is 0.102. The molecule has 1 aromatic heterocycles. The minimum Gasteiger partial charge on any atom is -0.504 e. The maximum atomic E-state index is 12.3. The lowest BCUT2D eigenvalue weighted by Gasteiger charge is -2.06. The van der Waals surface area contributed by atoms with Crippen LogP contribution < -0.4 is 10.1 Å². The van der Waals surface area contributed by atoms with Crippen molar-refractivity contribution in [2.45, 2.75) is 0 Å². The molecule has 0 aliphatic carbocycles. The Bertz CT molecular complexity index is 831. The van der Waals surface area contributed by atoms with Gasteiger partial charge in [-0.25, -0.2) is 4.98 Å². The van der Waals surface area contributed by atoms with Crippen molar-refractivity contribution in [1.29, 1.82) is 0 Å². The number of rotatable bonds is 4. The molecule has 2 N–H and O–H groups in total. The van der Waals surface area contributed by atoms with E-state index in [1.165, 1.54) is 36.6 Å². The van der Waals surface area contributed by atoms with Crippen LogP contribution in [-0.2, 0) is 0 Å². The molecule has 23 heavy (non-hydrogen) atoms. The van der Waals surface area contributed by atoms with E-state index in [2.05, 4.69) is 10.3 Å². The van der Waals surface area contributed by atoms with Gasteiger partial charge in [0.15, 0.2) is 16.6 Å². The van der Waals surface area contributed by atoms with E-state index in [9.17, 15) is 9.90 Å². The Morgan fingerprint density at radius 1 is 1.22 bits per heavy atom. The summed E-state index contributed by atoms with van der Waals surface area (Å²) in [5.74, 6) is -0.0660. The zero-order valence-corrected chi connectivity index (χ0v) is 13.1. The molecule has 2 aromatic carbocycles. The topological polar surface area (TPSA) is 71.5 Å². The second-order valence-electron chi connectivity index (χ2n) is 4.74. The molecular formula is C17H14N2O3S. The number of aromatic hydroxyl groups is 1. The summed E-state index contributed by atoms with van der Waals surface area (Å²) >= 11 is 1.36. The van der Waals surface area contributed by atoms with Crippen molar-refractivity contribution in [3.63, 3.8) is 0 Å². The lowest BCUT2D eigenvalue weighted by atomic mass is 10.2. The fraction of sp³-hybridized carbons (Fsp3) is 0.0588. The fourth-order valence-electron chi connectivity index (χ4n) is 2.06. The first-order chi connectivity index (χ1) is 11.2. The fourth-order valence-corrected chi connectivity index (χ4v) is 2.78. The normalized spacial score (nSPS) is 10.3. The Kier molecular flexibility index (Phi) is 4.25. The van der Waals surface area contributed by atoms with Gasteiger partial charge >= 0.3 is 0 Å². The highest BCUT2D eigenvalue weighted by molar-refractivity contribution is 7.14. The van der Waals surface area contributed by atoms with Gasteiger partial charge < -0.3 is 9.84 Å². The Labute approximate surface area is 137 Å². The number of carbonyl (C=O) groups is 1. The van der Waals surface area contributed by atoms with E-state index in [1.54, 1.807) is 0 Å². The zero-order chi connectivity index (χ0) is 16.2. The number of hydrogen-bond donors (Lipinski definition) is 2. The molecule has 3 rings (SSSR count). The molecule has 116 valence electrons. The number of phenols is 1. The van der Waals surface area contributed by atoms with Crippen molar-refractivity contribution in [3.05, 3.63) is 59.5 Å². The van der Waals surface area contributed by atoms with Crippen LogP contribution in [0.25, 0.3) is 11.3 Å². The SMILES string of the molecule is COc1cc(C(=O)Nc2nc(-c3ccccc3)cs2)ccc1O. The summed E-state index contributed by atoms with van der Waals surface area (Å²) in [6.45, 7) is 0. The van der Waals surface area contributed by atoms with E-state index in [-0.39, 0.29) is 17.4 Å². The number of phenolic OH excluding ortho intramolecular Hbond substituents is 1. The number of aromatic nitrogens is 1. The van der Waals surface area contributed by atoms with Crippen LogP contribution in [0.4, 0.5) is 5.13 Å². The minimum atomic E-state index is -0.308. The summed E-state index contributed by atoms with van der Waals surface area (Å²) in [4.78, 5) is 16.7. The van der Waals surface area contributed by atoms with Gasteiger partial charge in [-0.2, -0.15) is 0 Å². The standard InChI is InChI=1S/C17H14N2O3S/c1-22-15-9-12(7-8-14(15)20)16(21)19-17-18-13(10-23-17)11-5-3-2-4-6-11/h2-10,20H,1H3,(H,18,19,21). The van der Waals surface area contributed by atoms with Crippen molar-refractivity contribution in [2.75, 3.05) is 12.4 Å². The molecule has 5 nitrogen and oxygen atoms in total. The molecule has 0 unspecified atom stereocenters. The van der Waals surface area contributed by atoms with Crippen LogP contribution in [0.5, 0.6) is 11.5 Å². The number of benzene rings is 2. The molecule has 6 heteroatoms. The Hall–Kier alpha value is -2.86. The lowest BCUT2D eigenvalue weighted by Crippen LogP contribution is -2.11. The molecule has 0 saturated heterocycles. The number of anilines is 1. The van der Waals surface area contributed by atoms with Gasteiger partial charge in [-0.1, -0.05) is 30.3 Å². The number of nitrogens with one attached hydrogen (secondary N) is 1. The highest BCUT2D eigenvalue weighted by Gasteiger charge is 2.12. The second kappa shape index (κ2) is 6.50. The molecule has 0 aliphatic heterocycles. The van der Waals surface area contributed by atoms with Crippen LogP contribution in [-0.4, -0.2) is 23.1 Å². The van der Waals surface area contributed by atoms with Crippen LogP contribution in [0.15, 0.2) is 53.9 Å². The van der Waals surface area contributed by atoms with Crippen LogP contribution in [0.1, 0.15) is 10.4 Å². The van der Waals surface area contributed by atoms with E-state index < -0.39 is 0 Å². The van der Waals surface area contributed by atoms with Crippen LogP contribution in [0, 0.1) is 0 Å². The first-order valence-electron chi connectivity index (χ1n) is 6.86. The van der Waals surface area contributed by atoms with Crippen molar-refractivity contribution < 1.29 is 14.6 Å². The van der Waals surface area contributed by atoms with Crippen molar-refractivity contribution in [2.24, 2.45) is 0 Å². The van der Waals surface area contributed by atoms with Gasteiger partial charge in [-0.3, -0.25) is 10.1 Å². The van der Waals surface area contributed by atoms with E-state index in [1.807, 2.05) is 35.7 Å². The van der Waals surface area contributed by atoms with Gasteiger partial charge in [0.1, 0.15) is 0 Å². The molecule has 1 heterocycles. The molecule has 0 atom stereocenters. The van der Waals surface area contributed by atoms with E-state index in [4.69, 9.17) is 4.74 Å². The van der Waals surface area contributed by atoms with Crippen molar-refractivity contribution in [3.8, 4) is 22.8 Å². The molecule has 0 aliphatic rings. The van der Waals surface area contributed by atoms with Gasteiger partial charge in [0.25, 0.3) is 5.91 Å². The van der Waals surface area contributed by atoms with Gasteiger partial charge in [-0.15, -0.1) is 11.3 Å². The summed E-state index contributed by atoms with van der Waals surface area (Å²) in [6.07, 6.45) is 0. The summed E-state index contributed by atoms with van der Waals surface area (Å²) < 4.78 is 5.00. The van der Waals surface area contributed by atoms with E-state index in [0.29, 0.717) is 10.7 Å². The third-order valence-electron chi connectivity index (χ3n) is 3.24. The summed E-state index contributed by atoms with van der Waals surface area (Å²) in [5.41, 5.74) is 2.20. The molecule has 0 bridgehead atoms. The van der Waals surface area contributed by atoms with Crippen molar-refractivity contribution in [1.82, 2.24) is 4.98 Å². The van der Waals surface area contributed by atoms with E-state index >= 15 is 0 Å². The Balaban J connectivity index is 1.77. The zero-order valence-electron chi connectivity index (χ0n) is 12.3. The van der Waals surface area contributed by atoms with E-state index in [0.717, 1.165) is 11.3 Å². The van der Waals surface area contributed by atoms with Gasteiger partial charge in [0, 0.05) is 16.5 Å². The van der Waals surface area contributed by atoms with Crippen LogP contribution in [0.3, 0.4) is 0 Å². The number of thiazole rings is 1. The number of carbonyl (C=O) groups excluding carboxylic acids is 1. The number of hydrogen-bond acceptors (Lipinski definition) is 5. The maximum Gasteiger partial charge on any atom is 0.257 e. The highest BCUT2D eigenvalue weighted by Crippen LogP contribution is 2.28. The van der Waals surface area contributed by atoms with Gasteiger partial charge in [0.2, 0.25) is 0 Å². The van der Waals surface area contributed by atoms with Gasteiger partial charge in [0.05, 0.1) is 12.8 Å². The molecule has 0 fully saturated rings. The number of amides is 1. The maximum absolute atomic E-state index is 12.3. The predicted molar refractivity (Wildman–Crippen MR) is 90.2 cm³/mol. The second-order valence-corrected chi connectivity index (χ2v) is 5.60. The smallest absolute Gasteiger partial charge is 0.257 e. The van der Waals surface area contributed by atoms with Gasteiger partial charge in [-0.05, 0) is 18.2 Å². The highest BCUT2D eigenvalue weighted by atomic mass is 32.1. The first-order valence-corrected chi connectivity index (χ1v) is 7.74. The Morgan fingerprint density at radius 2 is 2.00 bits per heavy atom. The number of nitrogens with zero attached hydrogens (tertiary/aromatic N) is 1. The third-order valence-corrected chi connectivity index (χ3v) is 3.99. The largest absolute Gasteiger partial charge is 0.504 e. The minimum absolute atomic E-state index is 0.00957.